The summed E-state index contributed by atoms with van der Waals surface area (Å²) < 4.78 is 21.9. The maximum Gasteiger partial charge on any atom is 0.340 e. The lowest BCUT2D eigenvalue weighted by atomic mass is 9.88. The van der Waals surface area contributed by atoms with Gasteiger partial charge in [-0.15, -0.1) is 0 Å². The van der Waals surface area contributed by atoms with Crippen LogP contribution >= 0.6 is 0 Å². The zero-order valence-corrected chi connectivity index (χ0v) is 20.5. The molecule has 2 unspecified atom stereocenters. The standard InChI is InChI=1S/C27H25NO8/c1-14-11-12-16(24(29)33-2)19(25(30)34-3)18-13-17(15-9-7-6-8-10-15)23-21(27(32)36-5)20(26(31)35-4)22(14)28(18)23/h6-13,19,22H,1-5H3/b14-11-,16-12+. The molecule has 2 aliphatic heterocycles. The molecule has 0 saturated carbocycles. The Hall–Kier alpha value is -4.40. The van der Waals surface area contributed by atoms with E-state index in [1.807, 2.05) is 30.3 Å². The number of ether oxygens (including phenoxy) is 4. The Kier molecular flexibility index (Phi) is 6.65. The molecule has 186 valence electrons. The van der Waals surface area contributed by atoms with E-state index in [2.05, 4.69) is 0 Å². The molecule has 0 bridgehead atoms. The minimum absolute atomic E-state index is 0.0253. The van der Waals surface area contributed by atoms with Gasteiger partial charge in [0.1, 0.15) is 5.92 Å². The molecule has 1 aromatic carbocycles. The number of aromatic nitrogens is 1. The number of allylic oxidation sites excluding steroid dienone is 3. The summed E-state index contributed by atoms with van der Waals surface area (Å²) in [5.74, 6) is -4.05. The van der Waals surface area contributed by atoms with Crippen LogP contribution in [0, 0.1) is 0 Å². The van der Waals surface area contributed by atoms with E-state index in [1.54, 1.807) is 23.6 Å². The van der Waals surface area contributed by atoms with Gasteiger partial charge < -0.3 is 23.5 Å². The van der Waals surface area contributed by atoms with Gasteiger partial charge >= 0.3 is 23.9 Å². The Morgan fingerprint density at radius 3 is 2.03 bits per heavy atom. The molecule has 4 rings (SSSR count). The molecule has 2 atom stereocenters. The number of carbonyl (C=O) groups is 4. The van der Waals surface area contributed by atoms with Crippen LogP contribution in [0.5, 0.6) is 0 Å². The molecule has 0 radical (unpaired) electrons. The number of esters is 4. The fourth-order valence-corrected chi connectivity index (χ4v) is 4.83. The minimum Gasteiger partial charge on any atom is -0.468 e. The van der Waals surface area contributed by atoms with E-state index in [0.717, 1.165) is 5.56 Å². The molecular weight excluding hydrogens is 466 g/mol. The average molecular weight is 491 g/mol. The predicted molar refractivity (Wildman–Crippen MR) is 128 cm³/mol. The number of nitrogens with zero attached hydrogens (tertiary/aromatic N) is 1. The van der Waals surface area contributed by atoms with Crippen LogP contribution in [0.25, 0.3) is 16.7 Å². The molecule has 0 spiro atoms. The fourth-order valence-electron chi connectivity index (χ4n) is 4.83. The summed E-state index contributed by atoms with van der Waals surface area (Å²) in [7, 11) is 4.90. The van der Waals surface area contributed by atoms with Gasteiger partial charge in [-0.2, -0.15) is 0 Å². The quantitative estimate of drug-likeness (QED) is 0.464. The van der Waals surface area contributed by atoms with Crippen molar-refractivity contribution in [3.63, 3.8) is 0 Å². The molecule has 0 saturated heterocycles. The van der Waals surface area contributed by atoms with E-state index < -0.39 is 35.8 Å². The normalized spacial score (nSPS) is 21.1. The molecule has 2 aliphatic rings. The number of hydrogen-bond acceptors (Lipinski definition) is 8. The molecule has 0 N–H and O–H groups in total. The molecule has 1 aromatic heterocycles. The van der Waals surface area contributed by atoms with Crippen molar-refractivity contribution in [3.8, 4) is 11.1 Å². The summed E-state index contributed by atoms with van der Waals surface area (Å²) in [5, 5.41) is 0. The van der Waals surface area contributed by atoms with E-state index in [1.165, 1.54) is 34.5 Å². The first-order chi connectivity index (χ1) is 17.3. The predicted octanol–water partition coefficient (Wildman–Crippen LogP) is 3.13. The van der Waals surface area contributed by atoms with Crippen LogP contribution in [0.2, 0.25) is 0 Å². The maximum atomic E-state index is 13.2. The third-order valence-electron chi connectivity index (χ3n) is 6.41. The zero-order valence-electron chi connectivity index (χ0n) is 20.5. The summed E-state index contributed by atoms with van der Waals surface area (Å²) in [6, 6.07) is 10.1. The van der Waals surface area contributed by atoms with E-state index in [-0.39, 0.29) is 16.7 Å². The summed E-state index contributed by atoms with van der Waals surface area (Å²) in [4.78, 5) is 52.2. The highest BCUT2D eigenvalue weighted by Crippen LogP contribution is 2.50. The Morgan fingerprint density at radius 2 is 1.44 bits per heavy atom. The summed E-state index contributed by atoms with van der Waals surface area (Å²) in [5.41, 5.74) is 2.80. The molecule has 2 aromatic rings. The van der Waals surface area contributed by atoms with Crippen LogP contribution in [0.4, 0.5) is 0 Å². The average Bonchev–Trinajstić information content (AvgIpc) is 3.44. The molecule has 0 aliphatic carbocycles. The van der Waals surface area contributed by atoms with Gasteiger partial charge in [-0.3, -0.25) is 4.79 Å². The molecule has 9 heteroatoms. The van der Waals surface area contributed by atoms with Crippen molar-refractivity contribution < 1.29 is 38.1 Å². The molecule has 0 amide bonds. The lowest BCUT2D eigenvalue weighted by Crippen LogP contribution is -2.28. The summed E-state index contributed by atoms with van der Waals surface area (Å²) in [6.45, 7) is 1.76. The highest BCUT2D eigenvalue weighted by atomic mass is 16.5. The Labute approximate surface area is 207 Å². The minimum atomic E-state index is -1.19. The van der Waals surface area contributed by atoms with Gasteiger partial charge in [-0.1, -0.05) is 42.5 Å². The largest absolute Gasteiger partial charge is 0.468 e. The van der Waals surface area contributed by atoms with E-state index in [4.69, 9.17) is 18.9 Å². The first-order valence-corrected chi connectivity index (χ1v) is 11.1. The van der Waals surface area contributed by atoms with Crippen LogP contribution in [-0.2, 0) is 38.1 Å². The highest BCUT2D eigenvalue weighted by molar-refractivity contribution is 6.25. The number of methoxy groups -OCH3 is 4. The van der Waals surface area contributed by atoms with Crippen molar-refractivity contribution >= 4 is 29.5 Å². The maximum absolute atomic E-state index is 13.2. The zero-order chi connectivity index (χ0) is 26.1. The fraction of sp³-hybridized carbons (Fsp3) is 0.259. The van der Waals surface area contributed by atoms with Crippen LogP contribution in [0.15, 0.2) is 65.3 Å². The van der Waals surface area contributed by atoms with Gasteiger partial charge in [0.25, 0.3) is 0 Å². The second-order valence-corrected chi connectivity index (χ2v) is 8.22. The van der Waals surface area contributed by atoms with Crippen LogP contribution in [-0.4, -0.2) is 56.9 Å². The lowest BCUT2D eigenvalue weighted by Gasteiger charge is -2.26. The van der Waals surface area contributed by atoms with Gasteiger partial charge in [0.2, 0.25) is 0 Å². The van der Waals surface area contributed by atoms with Crippen molar-refractivity contribution in [1.29, 1.82) is 0 Å². The van der Waals surface area contributed by atoms with Crippen molar-refractivity contribution in [2.45, 2.75) is 18.9 Å². The van der Waals surface area contributed by atoms with Gasteiger partial charge in [-0.05, 0) is 24.1 Å². The molecule has 3 heterocycles. The molecule has 0 fully saturated rings. The first-order valence-electron chi connectivity index (χ1n) is 11.1. The second-order valence-electron chi connectivity index (χ2n) is 8.22. The molecule has 9 nitrogen and oxygen atoms in total. The number of rotatable bonds is 5. The van der Waals surface area contributed by atoms with Crippen molar-refractivity contribution in [2.75, 3.05) is 28.4 Å². The van der Waals surface area contributed by atoms with Gasteiger partial charge in [-0.25, -0.2) is 14.4 Å². The van der Waals surface area contributed by atoms with Gasteiger partial charge in [0.05, 0.1) is 56.9 Å². The Bertz CT molecular complexity index is 1360. The van der Waals surface area contributed by atoms with Crippen LogP contribution in [0.3, 0.4) is 0 Å². The van der Waals surface area contributed by atoms with E-state index in [0.29, 0.717) is 22.5 Å². The van der Waals surface area contributed by atoms with Crippen molar-refractivity contribution in [2.24, 2.45) is 0 Å². The second kappa shape index (κ2) is 9.69. The first kappa shape index (κ1) is 24.7. The Morgan fingerprint density at radius 1 is 0.806 bits per heavy atom. The smallest absolute Gasteiger partial charge is 0.340 e. The van der Waals surface area contributed by atoms with Gasteiger partial charge in [0.15, 0.2) is 0 Å². The summed E-state index contributed by atoms with van der Waals surface area (Å²) >= 11 is 0. The monoisotopic (exact) mass is 491 g/mol. The lowest BCUT2D eigenvalue weighted by molar-refractivity contribution is -0.145. The van der Waals surface area contributed by atoms with Crippen molar-refractivity contribution in [3.05, 3.63) is 76.7 Å². The SMILES string of the molecule is COC(=O)C1=C(C(=O)OC)C2/C(C)=C\C=C(\C(=O)OC)C(C(=O)OC)c3cc(-c4ccccc4)c1n32. The highest BCUT2D eigenvalue weighted by Gasteiger charge is 2.47. The third kappa shape index (κ3) is 3.73. The third-order valence-corrected chi connectivity index (χ3v) is 6.41. The number of hydrogen-bond donors (Lipinski definition) is 0. The topological polar surface area (TPSA) is 110 Å². The molecular formula is C27H25NO8. The number of benzene rings is 1. The van der Waals surface area contributed by atoms with Gasteiger partial charge in [0, 0.05) is 11.3 Å². The van der Waals surface area contributed by atoms with E-state index >= 15 is 0 Å². The Balaban J connectivity index is 2.19. The number of carbonyl (C=O) groups excluding carboxylic acids is 4. The van der Waals surface area contributed by atoms with Crippen LogP contribution in [0.1, 0.15) is 30.3 Å². The van der Waals surface area contributed by atoms with E-state index in [9.17, 15) is 19.2 Å². The van der Waals surface area contributed by atoms with Crippen molar-refractivity contribution in [1.82, 2.24) is 4.57 Å². The molecule has 36 heavy (non-hydrogen) atoms. The van der Waals surface area contributed by atoms with Crippen LogP contribution < -0.4 is 0 Å². The summed E-state index contributed by atoms with van der Waals surface area (Å²) in [6.07, 6.45) is 3.09.